The molecule has 0 saturated heterocycles. The van der Waals surface area contributed by atoms with Gasteiger partial charge in [0.2, 0.25) is 5.91 Å². The third-order valence-electron chi connectivity index (χ3n) is 2.42. The van der Waals surface area contributed by atoms with Gasteiger partial charge in [0.25, 0.3) is 0 Å². The fourth-order valence-electron chi connectivity index (χ4n) is 1.30. The Hall–Kier alpha value is -0.570. The summed E-state index contributed by atoms with van der Waals surface area (Å²) in [5.41, 5.74) is 5.16. The van der Waals surface area contributed by atoms with E-state index < -0.39 is 0 Å². The van der Waals surface area contributed by atoms with Crippen LogP contribution in [0.5, 0.6) is 0 Å². The summed E-state index contributed by atoms with van der Waals surface area (Å²) in [7, 11) is 0. The van der Waals surface area contributed by atoms with Crippen LogP contribution in [-0.2, 0) is 4.79 Å². The maximum atomic E-state index is 10.4. The normalized spacial score (nSPS) is 19.7. The summed E-state index contributed by atoms with van der Waals surface area (Å²) in [6.07, 6.45) is 4.47. The molecule has 1 fully saturated rings. The zero-order valence-electron chi connectivity index (χ0n) is 6.68. The van der Waals surface area contributed by atoms with Crippen molar-refractivity contribution in [2.75, 3.05) is 6.61 Å². The van der Waals surface area contributed by atoms with Gasteiger partial charge in [-0.1, -0.05) is 0 Å². The van der Waals surface area contributed by atoms with Crippen LogP contribution in [-0.4, -0.2) is 17.6 Å². The van der Waals surface area contributed by atoms with Crippen molar-refractivity contribution in [2.24, 2.45) is 11.1 Å². The Morgan fingerprint density at radius 1 is 1.55 bits per heavy atom. The van der Waals surface area contributed by atoms with Crippen molar-refractivity contribution in [1.29, 1.82) is 0 Å². The number of rotatable bonds is 5. The van der Waals surface area contributed by atoms with Crippen molar-refractivity contribution < 1.29 is 9.90 Å². The SMILES string of the molecule is NC(=O)CCCC1(CO)CC1. The van der Waals surface area contributed by atoms with Gasteiger partial charge in [-0.3, -0.25) is 4.79 Å². The Balaban J connectivity index is 2.07. The summed E-state index contributed by atoms with van der Waals surface area (Å²) >= 11 is 0. The number of aliphatic hydroxyl groups is 1. The summed E-state index contributed by atoms with van der Waals surface area (Å²) in [5.74, 6) is -0.237. The number of amides is 1. The molecular weight excluding hydrogens is 142 g/mol. The van der Waals surface area contributed by atoms with Crippen LogP contribution in [0.1, 0.15) is 32.1 Å². The fraction of sp³-hybridized carbons (Fsp3) is 0.875. The van der Waals surface area contributed by atoms with Gasteiger partial charge in [0.05, 0.1) is 0 Å². The summed E-state index contributed by atoms with van der Waals surface area (Å²) in [6.45, 7) is 0.270. The first-order valence-electron chi connectivity index (χ1n) is 4.08. The van der Waals surface area contributed by atoms with Crippen LogP contribution in [0.25, 0.3) is 0 Å². The molecule has 0 aromatic carbocycles. The van der Waals surface area contributed by atoms with Gasteiger partial charge in [-0.25, -0.2) is 0 Å². The van der Waals surface area contributed by atoms with Gasteiger partial charge in [0.15, 0.2) is 0 Å². The summed E-state index contributed by atoms with van der Waals surface area (Å²) < 4.78 is 0. The molecule has 0 aliphatic heterocycles. The van der Waals surface area contributed by atoms with Gasteiger partial charge < -0.3 is 10.8 Å². The molecular formula is C8H15NO2. The van der Waals surface area contributed by atoms with E-state index in [-0.39, 0.29) is 17.9 Å². The molecule has 3 heteroatoms. The molecule has 11 heavy (non-hydrogen) atoms. The van der Waals surface area contributed by atoms with E-state index in [1.54, 1.807) is 0 Å². The highest BCUT2D eigenvalue weighted by Crippen LogP contribution is 2.49. The second-order valence-electron chi connectivity index (χ2n) is 3.48. The second-order valence-corrected chi connectivity index (χ2v) is 3.48. The molecule has 0 unspecified atom stereocenters. The van der Waals surface area contributed by atoms with Gasteiger partial charge in [-0.05, 0) is 31.1 Å². The van der Waals surface area contributed by atoms with Gasteiger partial charge in [0.1, 0.15) is 0 Å². The van der Waals surface area contributed by atoms with Crippen molar-refractivity contribution >= 4 is 5.91 Å². The van der Waals surface area contributed by atoms with Crippen LogP contribution in [0.2, 0.25) is 0 Å². The maximum absolute atomic E-state index is 10.4. The summed E-state index contributed by atoms with van der Waals surface area (Å²) in [5, 5.41) is 8.91. The lowest BCUT2D eigenvalue weighted by Gasteiger charge is -2.08. The minimum Gasteiger partial charge on any atom is -0.396 e. The van der Waals surface area contributed by atoms with E-state index in [2.05, 4.69) is 0 Å². The van der Waals surface area contributed by atoms with Crippen LogP contribution in [0.15, 0.2) is 0 Å². The lowest BCUT2D eigenvalue weighted by Crippen LogP contribution is -2.12. The minimum absolute atomic E-state index is 0.176. The summed E-state index contributed by atoms with van der Waals surface area (Å²) in [6, 6.07) is 0. The molecule has 3 N–H and O–H groups in total. The zero-order valence-corrected chi connectivity index (χ0v) is 6.68. The molecule has 1 amide bonds. The third kappa shape index (κ3) is 2.50. The number of aliphatic hydroxyl groups excluding tert-OH is 1. The highest BCUT2D eigenvalue weighted by molar-refractivity contribution is 5.73. The van der Waals surface area contributed by atoms with Crippen LogP contribution >= 0.6 is 0 Å². The van der Waals surface area contributed by atoms with E-state index in [0.717, 1.165) is 25.7 Å². The van der Waals surface area contributed by atoms with Crippen molar-refractivity contribution in [3.63, 3.8) is 0 Å². The fourth-order valence-corrected chi connectivity index (χ4v) is 1.30. The van der Waals surface area contributed by atoms with E-state index in [9.17, 15) is 4.79 Å². The van der Waals surface area contributed by atoms with Crippen molar-refractivity contribution in [2.45, 2.75) is 32.1 Å². The molecule has 3 nitrogen and oxygen atoms in total. The monoisotopic (exact) mass is 157 g/mol. The van der Waals surface area contributed by atoms with Crippen molar-refractivity contribution in [3.05, 3.63) is 0 Å². The molecule has 1 saturated carbocycles. The van der Waals surface area contributed by atoms with Crippen LogP contribution in [0.4, 0.5) is 0 Å². The smallest absolute Gasteiger partial charge is 0.217 e. The lowest BCUT2D eigenvalue weighted by atomic mass is 10.0. The molecule has 64 valence electrons. The lowest BCUT2D eigenvalue weighted by molar-refractivity contribution is -0.118. The minimum atomic E-state index is -0.237. The molecule has 1 aliphatic carbocycles. The Bertz CT molecular complexity index is 152. The van der Waals surface area contributed by atoms with E-state index in [1.807, 2.05) is 0 Å². The second kappa shape index (κ2) is 3.22. The number of hydrogen-bond donors (Lipinski definition) is 2. The van der Waals surface area contributed by atoms with Crippen molar-refractivity contribution in [1.82, 2.24) is 0 Å². The topological polar surface area (TPSA) is 63.3 Å². The molecule has 0 atom stereocenters. The van der Waals surface area contributed by atoms with Gasteiger partial charge >= 0.3 is 0 Å². The van der Waals surface area contributed by atoms with Crippen molar-refractivity contribution in [3.8, 4) is 0 Å². The average Bonchev–Trinajstić information content (AvgIpc) is 2.69. The first-order valence-corrected chi connectivity index (χ1v) is 4.08. The average molecular weight is 157 g/mol. The molecule has 0 bridgehead atoms. The number of hydrogen-bond acceptors (Lipinski definition) is 2. The van der Waals surface area contributed by atoms with E-state index in [4.69, 9.17) is 10.8 Å². The molecule has 0 spiro atoms. The predicted octanol–water partition coefficient (Wildman–Crippen LogP) is 0.414. The molecule has 1 aliphatic rings. The summed E-state index contributed by atoms with van der Waals surface area (Å²) in [4.78, 5) is 10.4. The Kier molecular flexibility index (Phi) is 2.49. The molecule has 0 aromatic heterocycles. The predicted molar refractivity (Wildman–Crippen MR) is 41.8 cm³/mol. The number of primary amides is 1. The zero-order chi connectivity index (χ0) is 8.32. The number of nitrogens with two attached hydrogens (primary N) is 1. The number of carbonyl (C=O) groups is 1. The Morgan fingerprint density at radius 3 is 2.55 bits per heavy atom. The standard InChI is InChI=1S/C8H15NO2/c9-7(11)2-1-3-8(6-10)4-5-8/h10H,1-6H2,(H2,9,11). The quantitative estimate of drug-likeness (QED) is 0.607. The first kappa shape index (κ1) is 8.53. The van der Waals surface area contributed by atoms with Gasteiger partial charge in [-0.2, -0.15) is 0 Å². The van der Waals surface area contributed by atoms with Gasteiger partial charge in [0, 0.05) is 13.0 Å². The van der Waals surface area contributed by atoms with Crippen LogP contribution in [0.3, 0.4) is 0 Å². The highest BCUT2D eigenvalue weighted by Gasteiger charge is 2.40. The molecule has 0 radical (unpaired) electrons. The van der Waals surface area contributed by atoms with E-state index >= 15 is 0 Å². The highest BCUT2D eigenvalue weighted by atomic mass is 16.3. The largest absolute Gasteiger partial charge is 0.396 e. The van der Waals surface area contributed by atoms with Crippen LogP contribution in [0, 0.1) is 5.41 Å². The molecule has 0 heterocycles. The van der Waals surface area contributed by atoms with E-state index in [0.29, 0.717) is 6.42 Å². The molecule has 1 rings (SSSR count). The molecule has 0 aromatic rings. The third-order valence-corrected chi connectivity index (χ3v) is 2.42. The van der Waals surface area contributed by atoms with E-state index in [1.165, 1.54) is 0 Å². The maximum Gasteiger partial charge on any atom is 0.217 e. The Morgan fingerprint density at radius 2 is 2.18 bits per heavy atom. The number of carbonyl (C=O) groups excluding carboxylic acids is 1. The first-order chi connectivity index (χ1) is 5.18. The van der Waals surface area contributed by atoms with Gasteiger partial charge in [-0.15, -0.1) is 0 Å². The van der Waals surface area contributed by atoms with Crippen LogP contribution < -0.4 is 5.73 Å². The Labute approximate surface area is 66.6 Å².